The minimum atomic E-state index is 0.0835. The first-order chi connectivity index (χ1) is 10.2. The molecule has 0 saturated carbocycles. The van der Waals surface area contributed by atoms with Crippen LogP contribution in [0.25, 0.3) is 0 Å². The Hall–Kier alpha value is -1.80. The number of ether oxygens (including phenoxy) is 1. The van der Waals surface area contributed by atoms with Crippen molar-refractivity contribution in [3.8, 4) is 5.75 Å². The van der Waals surface area contributed by atoms with Crippen LogP contribution < -0.4 is 10.5 Å². The van der Waals surface area contributed by atoms with Gasteiger partial charge in [0.1, 0.15) is 12.4 Å². The van der Waals surface area contributed by atoms with Gasteiger partial charge in [0.15, 0.2) is 0 Å². The minimum absolute atomic E-state index is 0.0835. The molecule has 0 bridgehead atoms. The fourth-order valence-electron chi connectivity index (χ4n) is 2.31. The lowest BCUT2D eigenvalue weighted by atomic mass is 9.95. The lowest BCUT2D eigenvalue weighted by molar-refractivity contribution is 0.305. The fourth-order valence-corrected chi connectivity index (χ4v) is 2.31. The molecule has 0 fully saturated rings. The van der Waals surface area contributed by atoms with Crippen LogP contribution in [0.3, 0.4) is 0 Å². The predicted molar refractivity (Wildman–Crippen MR) is 88.2 cm³/mol. The Morgan fingerprint density at radius 1 is 1.05 bits per heavy atom. The van der Waals surface area contributed by atoms with E-state index in [0.29, 0.717) is 12.5 Å². The van der Waals surface area contributed by atoms with Crippen LogP contribution in [0.5, 0.6) is 5.75 Å². The Morgan fingerprint density at radius 3 is 2.52 bits per heavy atom. The van der Waals surface area contributed by atoms with Gasteiger partial charge < -0.3 is 10.5 Å². The van der Waals surface area contributed by atoms with Gasteiger partial charge in [-0.2, -0.15) is 0 Å². The van der Waals surface area contributed by atoms with E-state index in [2.05, 4.69) is 38.1 Å². The van der Waals surface area contributed by atoms with Crippen LogP contribution in [0.1, 0.15) is 43.9 Å². The van der Waals surface area contributed by atoms with Gasteiger partial charge in [0, 0.05) is 6.04 Å². The fraction of sp³-hybridized carbons (Fsp3) is 0.368. The zero-order chi connectivity index (χ0) is 15.1. The molecule has 0 aromatic heterocycles. The second-order valence-corrected chi connectivity index (χ2v) is 5.70. The molecule has 2 rings (SSSR count). The van der Waals surface area contributed by atoms with E-state index in [0.717, 1.165) is 24.2 Å². The van der Waals surface area contributed by atoms with Crippen molar-refractivity contribution in [1.82, 2.24) is 0 Å². The summed E-state index contributed by atoms with van der Waals surface area (Å²) in [5.41, 5.74) is 8.62. The summed E-state index contributed by atoms with van der Waals surface area (Å²) in [7, 11) is 0. The zero-order valence-corrected chi connectivity index (χ0v) is 13.0. The monoisotopic (exact) mass is 283 g/mol. The molecule has 2 heteroatoms. The van der Waals surface area contributed by atoms with E-state index in [9.17, 15) is 0 Å². The Balaban J connectivity index is 1.97. The number of nitrogens with two attached hydrogens (primary N) is 1. The Morgan fingerprint density at radius 2 is 1.81 bits per heavy atom. The molecule has 0 saturated heterocycles. The summed E-state index contributed by atoms with van der Waals surface area (Å²) in [6.07, 6.45) is 2.18. The first-order valence-corrected chi connectivity index (χ1v) is 7.71. The molecule has 21 heavy (non-hydrogen) atoms. The maximum atomic E-state index is 6.29. The van der Waals surface area contributed by atoms with Crippen LogP contribution in [0.4, 0.5) is 0 Å². The van der Waals surface area contributed by atoms with E-state index in [1.165, 1.54) is 5.56 Å². The van der Waals surface area contributed by atoms with Crippen molar-refractivity contribution >= 4 is 0 Å². The maximum absolute atomic E-state index is 6.29. The van der Waals surface area contributed by atoms with Crippen LogP contribution in [-0.4, -0.2) is 0 Å². The number of rotatable bonds is 7. The third-order valence-corrected chi connectivity index (χ3v) is 3.89. The van der Waals surface area contributed by atoms with E-state index >= 15 is 0 Å². The second kappa shape index (κ2) is 7.84. The van der Waals surface area contributed by atoms with Gasteiger partial charge in [-0.05, 0) is 35.6 Å². The Bertz CT molecular complexity index is 538. The van der Waals surface area contributed by atoms with Gasteiger partial charge in [0.05, 0.1) is 0 Å². The van der Waals surface area contributed by atoms with Crippen LogP contribution in [0.2, 0.25) is 0 Å². The zero-order valence-electron chi connectivity index (χ0n) is 13.0. The van der Waals surface area contributed by atoms with Crippen LogP contribution in [0, 0.1) is 5.92 Å². The van der Waals surface area contributed by atoms with E-state index < -0.39 is 0 Å². The topological polar surface area (TPSA) is 35.2 Å². The quantitative estimate of drug-likeness (QED) is 0.799. The number of benzene rings is 2. The first kappa shape index (κ1) is 15.6. The maximum Gasteiger partial charge on any atom is 0.120 e. The molecule has 2 aromatic carbocycles. The molecule has 2 atom stereocenters. The molecule has 2 aromatic rings. The molecule has 0 aliphatic heterocycles. The summed E-state index contributed by atoms with van der Waals surface area (Å²) in [6, 6.07) is 18.4. The van der Waals surface area contributed by atoms with Gasteiger partial charge >= 0.3 is 0 Å². The number of hydrogen-bond acceptors (Lipinski definition) is 2. The van der Waals surface area contributed by atoms with Crippen molar-refractivity contribution in [2.45, 2.75) is 39.3 Å². The van der Waals surface area contributed by atoms with Crippen molar-refractivity contribution in [3.63, 3.8) is 0 Å². The molecule has 0 spiro atoms. The van der Waals surface area contributed by atoms with E-state index in [1.54, 1.807) is 0 Å². The van der Waals surface area contributed by atoms with E-state index in [-0.39, 0.29) is 6.04 Å². The van der Waals surface area contributed by atoms with Gasteiger partial charge in [0.25, 0.3) is 0 Å². The highest BCUT2D eigenvalue weighted by Crippen LogP contribution is 2.24. The Labute approximate surface area is 127 Å². The average molecular weight is 283 g/mol. The van der Waals surface area contributed by atoms with Crippen LogP contribution >= 0.6 is 0 Å². The molecule has 2 nitrogen and oxygen atoms in total. The third kappa shape index (κ3) is 4.91. The molecule has 0 amide bonds. The van der Waals surface area contributed by atoms with Crippen molar-refractivity contribution in [3.05, 3.63) is 65.7 Å². The Kier molecular flexibility index (Phi) is 5.82. The van der Waals surface area contributed by atoms with Crippen molar-refractivity contribution in [2.75, 3.05) is 0 Å². The molecule has 112 valence electrons. The van der Waals surface area contributed by atoms with Gasteiger partial charge in [0.2, 0.25) is 0 Å². The van der Waals surface area contributed by atoms with E-state index in [4.69, 9.17) is 10.5 Å². The highest BCUT2D eigenvalue weighted by molar-refractivity contribution is 5.30. The highest BCUT2D eigenvalue weighted by atomic mass is 16.5. The van der Waals surface area contributed by atoms with Crippen molar-refractivity contribution in [1.29, 1.82) is 0 Å². The van der Waals surface area contributed by atoms with Crippen LogP contribution in [-0.2, 0) is 6.61 Å². The SMILES string of the molecule is CCC(C)CC(N)c1cccc(OCc2ccccc2)c1. The predicted octanol–water partition coefficient (Wildman–Crippen LogP) is 4.70. The van der Waals surface area contributed by atoms with Gasteiger partial charge in [-0.3, -0.25) is 0 Å². The summed E-state index contributed by atoms with van der Waals surface area (Å²) in [5, 5.41) is 0. The van der Waals surface area contributed by atoms with Gasteiger partial charge in [-0.25, -0.2) is 0 Å². The summed E-state index contributed by atoms with van der Waals surface area (Å²) < 4.78 is 5.86. The largest absolute Gasteiger partial charge is 0.489 e. The molecule has 2 N–H and O–H groups in total. The lowest BCUT2D eigenvalue weighted by Gasteiger charge is -2.17. The minimum Gasteiger partial charge on any atom is -0.489 e. The average Bonchev–Trinajstić information content (AvgIpc) is 2.54. The normalized spacial score (nSPS) is 13.7. The molecule has 0 heterocycles. The second-order valence-electron chi connectivity index (χ2n) is 5.70. The first-order valence-electron chi connectivity index (χ1n) is 7.71. The summed E-state index contributed by atoms with van der Waals surface area (Å²) in [5.74, 6) is 1.53. The van der Waals surface area contributed by atoms with Crippen molar-refractivity contribution < 1.29 is 4.74 Å². The molecule has 0 aliphatic rings. The van der Waals surface area contributed by atoms with Gasteiger partial charge in [-0.1, -0.05) is 62.7 Å². The summed E-state index contributed by atoms with van der Waals surface area (Å²) >= 11 is 0. The highest BCUT2D eigenvalue weighted by Gasteiger charge is 2.10. The molecule has 2 unspecified atom stereocenters. The molecular weight excluding hydrogens is 258 g/mol. The smallest absolute Gasteiger partial charge is 0.120 e. The summed E-state index contributed by atoms with van der Waals surface area (Å²) in [4.78, 5) is 0. The standard InChI is InChI=1S/C19H25NO/c1-3-15(2)12-19(20)17-10-7-11-18(13-17)21-14-16-8-5-4-6-9-16/h4-11,13,15,19H,3,12,14,20H2,1-2H3. The van der Waals surface area contributed by atoms with Gasteiger partial charge in [-0.15, -0.1) is 0 Å². The molecular formula is C19H25NO. The molecule has 0 radical (unpaired) electrons. The molecule has 0 aliphatic carbocycles. The summed E-state index contributed by atoms with van der Waals surface area (Å²) in [6.45, 7) is 5.04. The number of hydrogen-bond donors (Lipinski definition) is 1. The van der Waals surface area contributed by atoms with E-state index in [1.807, 2.05) is 30.3 Å². The third-order valence-electron chi connectivity index (χ3n) is 3.89. The lowest BCUT2D eigenvalue weighted by Crippen LogP contribution is -2.13. The van der Waals surface area contributed by atoms with Crippen molar-refractivity contribution in [2.24, 2.45) is 11.7 Å². The van der Waals surface area contributed by atoms with Crippen LogP contribution in [0.15, 0.2) is 54.6 Å².